The van der Waals surface area contributed by atoms with Crippen LogP contribution in [0.25, 0.3) is 21.9 Å². The number of nitrogens with zero attached hydrogens (tertiary/aromatic N) is 8. The molecule has 0 bridgehead atoms. The van der Waals surface area contributed by atoms with Crippen molar-refractivity contribution in [3.8, 4) is 5.75 Å². The standard InChI is InChI=1S/C42H49ClFN11O5/c1-23(2)55-39-27(17-34(41(55)59)60-22-36(57)45-3)15-28(18-46-39)48-38-31(43)19-47-42(50-38)54-14-11-26(32(44)21-54)20-53-12-9-24(10-13-53)25-5-6-29-33(16-25)52(4)51-37(29)30-7-8-35(56)49-40(30)58/h5-6,15-19,23-24,26,30,32H,7-14,20-22H2,1-4H3,(H,45,57)(H,47,48,50)(H,49,56,58)/t26-,30?,32-/m0/s1. The van der Waals surface area contributed by atoms with Gasteiger partial charge in [0.25, 0.3) is 11.5 Å². The zero-order valence-corrected chi connectivity index (χ0v) is 34.8. The van der Waals surface area contributed by atoms with E-state index >= 15 is 4.39 Å². The zero-order valence-electron chi connectivity index (χ0n) is 34.1. The number of alkyl halides is 1. The first-order valence-electron chi connectivity index (χ1n) is 20.5. The first-order chi connectivity index (χ1) is 28.9. The number of likely N-dealkylation sites (tertiary alicyclic amines) is 1. The van der Waals surface area contributed by atoms with E-state index < -0.39 is 17.6 Å². The largest absolute Gasteiger partial charge is 0.478 e. The van der Waals surface area contributed by atoms with Crippen LogP contribution in [0.15, 0.2) is 47.5 Å². The lowest BCUT2D eigenvalue weighted by Gasteiger charge is -2.39. The number of hydrogen-bond acceptors (Lipinski definition) is 12. The summed E-state index contributed by atoms with van der Waals surface area (Å²) in [6, 6.07) is 9.50. The lowest BCUT2D eigenvalue weighted by molar-refractivity contribution is -0.134. The van der Waals surface area contributed by atoms with Crippen LogP contribution in [0.2, 0.25) is 5.02 Å². The molecule has 0 spiro atoms. The Bertz CT molecular complexity index is 2520. The van der Waals surface area contributed by atoms with E-state index in [-0.39, 0.29) is 53.6 Å². The summed E-state index contributed by atoms with van der Waals surface area (Å²) in [5.41, 5.74) is 3.53. The predicted octanol–water partition coefficient (Wildman–Crippen LogP) is 4.74. The molecule has 7 heterocycles. The molecule has 0 radical (unpaired) electrons. The molecule has 3 atom stereocenters. The lowest BCUT2D eigenvalue weighted by atomic mass is 9.87. The molecule has 3 fully saturated rings. The van der Waals surface area contributed by atoms with Gasteiger partial charge in [-0.25, -0.2) is 14.4 Å². The highest BCUT2D eigenvalue weighted by Crippen LogP contribution is 2.36. The van der Waals surface area contributed by atoms with Gasteiger partial charge < -0.3 is 25.2 Å². The molecule has 18 heteroatoms. The van der Waals surface area contributed by atoms with E-state index in [0.29, 0.717) is 72.5 Å². The highest BCUT2D eigenvalue weighted by atomic mass is 35.5. The highest BCUT2D eigenvalue weighted by molar-refractivity contribution is 6.33. The molecule has 1 aromatic carbocycles. The summed E-state index contributed by atoms with van der Waals surface area (Å²) in [6.45, 7) is 6.62. The monoisotopic (exact) mass is 841 g/mol. The maximum atomic E-state index is 15.9. The Morgan fingerprint density at radius 2 is 1.85 bits per heavy atom. The van der Waals surface area contributed by atoms with Crippen LogP contribution in [0.5, 0.6) is 5.75 Å². The van der Waals surface area contributed by atoms with Crippen LogP contribution in [-0.4, -0.2) is 104 Å². The third kappa shape index (κ3) is 8.37. The molecule has 1 unspecified atom stereocenters. The number of fused-ring (bicyclic) bond motifs is 2. The van der Waals surface area contributed by atoms with E-state index in [1.165, 1.54) is 23.4 Å². The van der Waals surface area contributed by atoms with Gasteiger partial charge in [0.1, 0.15) is 16.8 Å². The van der Waals surface area contributed by atoms with Crippen LogP contribution in [0.1, 0.15) is 75.1 Å². The molecule has 60 heavy (non-hydrogen) atoms. The number of benzene rings is 1. The Kier molecular flexibility index (Phi) is 11.7. The fraction of sp³-hybridized carbons (Fsp3) is 0.476. The molecule has 4 aromatic heterocycles. The van der Waals surface area contributed by atoms with Crippen LogP contribution in [0.3, 0.4) is 0 Å². The van der Waals surface area contributed by atoms with Gasteiger partial charge in [0.15, 0.2) is 18.2 Å². The molecule has 16 nitrogen and oxygen atoms in total. The Morgan fingerprint density at radius 3 is 2.58 bits per heavy atom. The second-order valence-corrected chi connectivity index (χ2v) is 16.6. The fourth-order valence-corrected chi connectivity index (χ4v) is 8.83. The van der Waals surface area contributed by atoms with Gasteiger partial charge >= 0.3 is 0 Å². The summed E-state index contributed by atoms with van der Waals surface area (Å²) in [5.74, 6) is -0.352. The molecular formula is C42H49ClFN11O5. The van der Waals surface area contributed by atoms with Crippen LogP contribution in [-0.2, 0) is 21.4 Å². The van der Waals surface area contributed by atoms with Gasteiger partial charge in [0, 0.05) is 56.3 Å². The topological polar surface area (TPSA) is 181 Å². The van der Waals surface area contributed by atoms with Gasteiger partial charge in [-0.15, -0.1) is 0 Å². The van der Waals surface area contributed by atoms with Crippen molar-refractivity contribution in [2.24, 2.45) is 13.0 Å². The number of nitrogens with one attached hydrogen (secondary N) is 3. The van der Waals surface area contributed by atoms with Crippen molar-refractivity contribution >= 4 is 68.7 Å². The van der Waals surface area contributed by atoms with Crippen molar-refractivity contribution in [3.63, 3.8) is 0 Å². The van der Waals surface area contributed by atoms with Crippen LogP contribution >= 0.6 is 11.6 Å². The van der Waals surface area contributed by atoms with Crippen molar-refractivity contribution in [3.05, 3.63) is 69.4 Å². The third-order valence-corrected chi connectivity index (χ3v) is 12.2. The molecule has 3 saturated heterocycles. The van der Waals surface area contributed by atoms with E-state index in [1.807, 2.05) is 30.5 Å². The van der Waals surface area contributed by atoms with Crippen molar-refractivity contribution in [1.82, 2.24) is 44.8 Å². The minimum absolute atomic E-state index is 0.0262. The molecular weight excluding hydrogens is 793 g/mol. The Balaban J connectivity index is 0.879. The number of hydrogen-bond donors (Lipinski definition) is 3. The number of imide groups is 1. The number of carbonyl (C=O) groups excluding carboxylic acids is 3. The SMILES string of the molecule is CNC(=O)COc1cc2cc(Nc3nc(N4CC[C@@H](CN5CCC(c6ccc7c(C8CCC(=O)NC8=O)nn(C)c7c6)CC5)[C@@H](F)C4)ncc3Cl)cnc2n(C(C)C)c1=O. The van der Waals surface area contributed by atoms with E-state index in [9.17, 15) is 19.2 Å². The van der Waals surface area contributed by atoms with Crippen LogP contribution < -0.4 is 31.1 Å². The number of halogens is 2. The van der Waals surface area contributed by atoms with E-state index in [1.54, 1.807) is 18.3 Å². The van der Waals surface area contributed by atoms with Crippen molar-refractivity contribution < 1.29 is 23.5 Å². The summed E-state index contributed by atoms with van der Waals surface area (Å²) < 4.78 is 24.8. The number of aromatic nitrogens is 6. The van der Waals surface area contributed by atoms with Crippen LogP contribution in [0, 0.1) is 5.92 Å². The van der Waals surface area contributed by atoms with Gasteiger partial charge in [0.2, 0.25) is 17.8 Å². The van der Waals surface area contributed by atoms with Gasteiger partial charge in [-0.2, -0.15) is 10.1 Å². The minimum Gasteiger partial charge on any atom is -0.478 e. The van der Waals surface area contributed by atoms with Crippen molar-refractivity contribution in [1.29, 1.82) is 0 Å². The molecule has 3 aliphatic rings. The van der Waals surface area contributed by atoms with E-state index in [2.05, 4.69) is 54.0 Å². The normalized spacial score (nSPS) is 20.5. The maximum absolute atomic E-state index is 15.9. The van der Waals surface area contributed by atoms with E-state index in [4.69, 9.17) is 21.4 Å². The molecule has 3 aliphatic heterocycles. The average molecular weight is 842 g/mol. The lowest BCUT2D eigenvalue weighted by Crippen LogP contribution is -2.47. The number of carbonyl (C=O) groups is 3. The molecule has 0 aliphatic carbocycles. The maximum Gasteiger partial charge on any atom is 0.294 e. The second kappa shape index (κ2) is 17.1. The Morgan fingerprint density at radius 1 is 1.05 bits per heavy atom. The number of anilines is 3. The number of amides is 3. The molecule has 316 valence electrons. The summed E-state index contributed by atoms with van der Waals surface area (Å²) in [6.07, 6.45) is 5.35. The fourth-order valence-electron chi connectivity index (χ4n) is 8.69. The number of piperidine rings is 3. The summed E-state index contributed by atoms with van der Waals surface area (Å²) in [5, 5.41) is 14.6. The first kappa shape index (κ1) is 41.1. The minimum atomic E-state index is -1.07. The molecule has 3 N–H and O–H groups in total. The highest BCUT2D eigenvalue weighted by Gasteiger charge is 2.34. The Labute approximate surface area is 350 Å². The number of aryl methyl sites for hydroxylation is 1. The molecule has 3 amide bonds. The molecule has 0 saturated carbocycles. The van der Waals surface area contributed by atoms with Gasteiger partial charge in [-0.1, -0.05) is 23.7 Å². The summed E-state index contributed by atoms with van der Waals surface area (Å²) >= 11 is 6.55. The predicted molar refractivity (Wildman–Crippen MR) is 226 cm³/mol. The average Bonchev–Trinajstić information content (AvgIpc) is 3.56. The van der Waals surface area contributed by atoms with Crippen LogP contribution in [0.4, 0.5) is 21.8 Å². The summed E-state index contributed by atoms with van der Waals surface area (Å²) in [7, 11) is 3.38. The number of ether oxygens (including phenoxy) is 1. The number of likely N-dealkylation sites (N-methyl/N-ethyl adjacent to an activating group) is 1. The number of pyridine rings is 2. The van der Waals surface area contributed by atoms with Gasteiger partial charge in [-0.05, 0) is 82.3 Å². The summed E-state index contributed by atoms with van der Waals surface area (Å²) in [4.78, 5) is 67.2. The smallest absolute Gasteiger partial charge is 0.294 e. The van der Waals surface area contributed by atoms with Crippen molar-refractivity contribution in [2.45, 2.75) is 70.0 Å². The molecule has 5 aromatic rings. The first-order valence-corrected chi connectivity index (χ1v) is 20.8. The third-order valence-electron chi connectivity index (χ3n) is 12.0. The quantitative estimate of drug-likeness (QED) is 0.156. The van der Waals surface area contributed by atoms with Gasteiger partial charge in [-0.3, -0.25) is 33.7 Å². The van der Waals surface area contributed by atoms with E-state index in [0.717, 1.165) is 36.8 Å². The zero-order chi connectivity index (χ0) is 42.2. The Hall–Kier alpha value is -5.68. The second-order valence-electron chi connectivity index (χ2n) is 16.2. The number of rotatable bonds is 11. The molecule has 8 rings (SSSR count). The van der Waals surface area contributed by atoms with Gasteiger partial charge in [0.05, 0.1) is 41.8 Å². The van der Waals surface area contributed by atoms with Crippen molar-refractivity contribution in [2.75, 3.05) is 56.6 Å².